The molecular weight excluding hydrogens is 573 g/mol. The topological polar surface area (TPSA) is 169 Å². The molecule has 1 fully saturated rings. The SMILES string of the molecule is CCOC(=O)/C=C/[C@H](C[C@@H]1CCNC1=O)NC(=O)[C@H](Cc1ccc(F)cc1)NC(=O)[C@@H](NC(=O)c1cc(C)on1)C(C)(C)C. The summed E-state index contributed by atoms with van der Waals surface area (Å²) in [6.07, 6.45) is 3.40. The Balaban J connectivity index is 1.86. The zero-order valence-corrected chi connectivity index (χ0v) is 25.6. The minimum atomic E-state index is -1.17. The Bertz CT molecular complexity index is 1370. The van der Waals surface area contributed by atoms with Gasteiger partial charge in [-0.25, -0.2) is 9.18 Å². The normalized spacial score (nSPS) is 17.0. The monoisotopic (exact) mass is 613 g/mol. The third-order valence-corrected chi connectivity index (χ3v) is 7.03. The summed E-state index contributed by atoms with van der Waals surface area (Å²) in [4.78, 5) is 64.6. The van der Waals surface area contributed by atoms with E-state index in [0.717, 1.165) is 0 Å². The molecule has 2 aromatic rings. The van der Waals surface area contributed by atoms with Gasteiger partial charge in [-0.05, 0) is 49.8 Å². The van der Waals surface area contributed by atoms with Crippen molar-refractivity contribution in [3.8, 4) is 0 Å². The van der Waals surface area contributed by atoms with Gasteiger partial charge in [0.25, 0.3) is 5.91 Å². The number of aryl methyl sites for hydroxylation is 1. The van der Waals surface area contributed by atoms with Crippen molar-refractivity contribution in [2.24, 2.45) is 11.3 Å². The molecule has 0 spiro atoms. The van der Waals surface area contributed by atoms with E-state index in [9.17, 15) is 28.4 Å². The van der Waals surface area contributed by atoms with Crippen molar-refractivity contribution >= 4 is 29.6 Å². The lowest BCUT2D eigenvalue weighted by molar-refractivity contribution is -0.137. The van der Waals surface area contributed by atoms with Crippen LogP contribution in [0.4, 0.5) is 4.39 Å². The molecule has 44 heavy (non-hydrogen) atoms. The molecule has 0 aliphatic carbocycles. The molecule has 0 bridgehead atoms. The van der Waals surface area contributed by atoms with E-state index < -0.39 is 59.0 Å². The first-order chi connectivity index (χ1) is 20.8. The van der Waals surface area contributed by atoms with Gasteiger partial charge in [-0.2, -0.15) is 0 Å². The fourth-order valence-electron chi connectivity index (χ4n) is 4.70. The quantitative estimate of drug-likeness (QED) is 0.197. The van der Waals surface area contributed by atoms with Gasteiger partial charge in [-0.15, -0.1) is 0 Å². The van der Waals surface area contributed by atoms with Crippen molar-refractivity contribution in [2.45, 2.75) is 72.0 Å². The van der Waals surface area contributed by atoms with Crippen LogP contribution in [0, 0.1) is 24.1 Å². The van der Waals surface area contributed by atoms with Crippen molar-refractivity contribution < 1.29 is 37.6 Å². The van der Waals surface area contributed by atoms with Gasteiger partial charge in [0.15, 0.2) is 5.69 Å². The molecule has 4 amide bonds. The number of ether oxygens (including phenoxy) is 1. The largest absolute Gasteiger partial charge is 0.463 e. The summed E-state index contributed by atoms with van der Waals surface area (Å²) in [5, 5.41) is 14.7. The van der Waals surface area contributed by atoms with Crippen molar-refractivity contribution in [3.05, 3.63) is 65.3 Å². The van der Waals surface area contributed by atoms with Crippen LogP contribution in [0.25, 0.3) is 0 Å². The lowest BCUT2D eigenvalue weighted by atomic mass is 9.85. The number of aromatic nitrogens is 1. The van der Waals surface area contributed by atoms with E-state index in [1.807, 2.05) is 0 Å². The van der Waals surface area contributed by atoms with Gasteiger partial charge in [-0.3, -0.25) is 19.2 Å². The Hall–Kier alpha value is -4.55. The van der Waals surface area contributed by atoms with E-state index in [-0.39, 0.29) is 31.0 Å². The summed E-state index contributed by atoms with van der Waals surface area (Å²) >= 11 is 0. The molecular formula is C31H40FN5O7. The van der Waals surface area contributed by atoms with E-state index in [1.54, 1.807) is 34.6 Å². The minimum Gasteiger partial charge on any atom is -0.463 e. The average Bonchev–Trinajstić information content (AvgIpc) is 3.58. The Labute approximate surface area is 255 Å². The van der Waals surface area contributed by atoms with Crippen molar-refractivity contribution in [1.82, 2.24) is 26.4 Å². The van der Waals surface area contributed by atoms with Gasteiger partial charge >= 0.3 is 5.97 Å². The molecule has 4 atom stereocenters. The molecule has 1 saturated heterocycles. The number of hydrogen-bond donors (Lipinski definition) is 4. The first-order valence-corrected chi connectivity index (χ1v) is 14.5. The third-order valence-electron chi connectivity index (χ3n) is 7.03. The van der Waals surface area contributed by atoms with E-state index in [4.69, 9.17) is 9.26 Å². The number of rotatable bonds is 13. The van der Waals surface area contributed by atoms with Gasteiger partial charge in [0.1, 0.15) is 23.7 Å². The number of halogens is 1. The number of amides is 4. The fourth-order valence-corrected chi connectivity index (χ4v) is 4.70. The molecule has 1 aliphatic heterocycles. The molecule has 1 aromatic heterocycles. The summed E-state index contributed by atoms with van der Waals surface area (Å²) in [6.45, 7) is 9.22. The maximum atomic E-state index is 13.7. The average molecular weight is 614 g/mol. The Morgan fingerprint density at radius 2 is 1.84 bits per heavy atom. The predicted octanol–water partition coefficient (Wildman–Crippen LogP) is 2.12. The summed E-state index contributed by atoms with van der Waals surface area (Å²) in [7, 11) is 0. The summed E-state index contributed by atoms with van der Waals surface area (Å²) < 4.78 is 23.5. The van der Waals surface area contributed by atoms with Gasteiger partial charge in [0, 0.05) is 37.1 Å². The van der Waals surface area contributed by atoms with Crippen LogP contribution in [0.5, 0.6) is 0 Å². The second kappa shape index (κ2) is 15.3. The van der Waals surface area contributed by atoms with Crippen molar-refractivity contribution in [1.29, 1.82) is 0 Å². The molecule has 0 saturated carbocycles. The van der Waals surface area contributed by atoms with Crippen LogP contribution in [-0.4, -0.2) is 66.0 Å². The van der Waals surface area contributed by atoms with E-state index in [1.165, 1.54) is 42.5 Å². The first-order valence-electron chi connectivity index (χ1n) is 14.5. The third kappa shape index (κ3) is 10.0. The number of nitrogens with one attached hydrogen (secondary N) is 4. The Kier molecular flexibility index (Phi) is 11.8. The van der Waals surface area contributed by atoms with E-state index >= 15 is 0 Å². The van der Waals surface area contributed by atoms with E-state index in [2.05, 4.69) is 26.4 Å². The predicted molar refractivity (Wildman–Crippen MR) is 157 cm³/mol. The molecule has 3 rings (SSSR count). The molecule has 0 radical (unpaired) electrons. The fraction of sp³-hybridized carbons (Fsp3) is 0.484. The van der Waals surface area contributed by atoms with Crippen LogP contribution in [0.1, 0.15) is 62.3 Å². The molecule has 238 valence electrons. The lowest BCUT2D eigenvalue weighted by Gasteiger charge is -2.32. The number of carbonyl (C=O) groups is 5. The molecule has 1 aromatic carbocycles. The highest BCUT2D eigenvalue weighted by molar-refractivity contribution is 5.97. The van der Waals surface area contributed by atoms with Gasteiger partial charge < -0.3 is 30.5 Å². The molecule has 1 aliphatic rings. The number of benzene rings is 1. The minimum absolute atomic E-state index is 0.00247. The molecule has 2 heterocycles. The van der Waals surface area contributed by atoms with Gasteiger partial charge in [0.2, 0.25) is 17.7 Å². The van der Waals surface area contributed by atoms with Gasteiger partial charge in [-0.1, -0.05) is 44.1 Å². The van der Waals surface area contributed by atoms with Crippen molar-refractivity contribution in [2.75, 3.05) is 13.2 Å². The van der Waals surface area contributed by atoms with Crippen molar-refractivity contribution in [3.63, 3.8) is 0 Å². The number of hydrogen-bond acceptors (Lipinski definition) is 8. The number of carbonyl (C=O) groups excluding carboxylic acids is 5. The highest BCUT2D eigenvalue weighted by atomic mass is 19.1. The molecule has 0 unspecified atom stereocenters. The summed E-state index contributed by atoms with van der Waals surface area (Å²) in [6, 6.07) is 3.92. The lowest BCUT2D eigenvalue weighted by Crippen LogP contribution is -2.58. The van der Waals surface area contributed by atoms with Crippen LogP contribution in [0.15, 0.2) is 47.0 Å². The van der Waals surface area contributed by atoms with E-state index in [0.29, 0.717) is 24.3 Å². The van der Waals surface area contributed by atoms with Crippen LogP contribution in [0.3, 0.4) is 0 Å². The number of esters is 1. The van der Waals surface area contributed by atoms with Crippen LogP contribution < -0.4 is 21.3 Å². The van der Waals surface area contributed by atoms with Gasteiger partial charge in [0.05, 0.1) is 6.61 Å². The summed E-state index contributed by atoms with van der Waals surface area (Å²) in [5.41, 5.74) is -0.219. The summed E-state index contributed by atoms with van der Waals surface area (Å²) in [5.74, 6) is -3.07. The van der Waals surface area contributed by atoms with Crippen LogP contribution >= 0.6 is 0 Å². The number of nitrogens with zero attached hydrogens (tertiary/aromatic N) is 1. The smallest absolute Gasteiger partial charge is 0.330 e. The zero-order chi connectivity index (χ0) is 32.4. The molecule has 13 heteroatoms. The Morgan fingerprint density at radius 3 is 2.41 bits per heavy atom. The standard InChI is InChI=1S/C31H40FN5O7/c1-6-43-25(38)12-11-22(17-20-13-14-33-27(20)39)34-28(40)23(16-19-7-9-21(32)10-8-19)35-30(42)26(31(3,4)5)36-29(41)24-15-18(2)44-37-24/h7-12,15,20,22-23,26H,6,13-14,16-17H2,1-5H3,(H,33,39)(H,34,40)(H,35,42)(H,36,41)/b12-11+/t20-,22+,23-,26+/m0/s1. The highest BCUT2D eigenvalue weighted by Gasteiger charge is 2.36. The second-order valence-electron chi connectivity index (χ2n) is 11.7. The molecule has 12 nitrogen and oxygen atoms in total. The Morgan fingerprint density at radius 1 is 1.14 bits per heavy atom. The highest BCUT2D eigenvalue weighted by Crippen LogP contribution is 2.21. The second-order valence-corrected chi connectivity index (χ2v) is 11.7. The van der Waals surface area contributed by atoms with Crippen LogP contribution in [0.2, 0.25) is 0 Å². The maximum absolute atomic E-state index is 13.7. The first kappa shape index (κ1) is 33.9. The maximum Gasteiger partial charge on any atom is 0.330 e. The molecule has 4 N–H and O–H groups in total. The zero-order valence-electron chi connectivity index (χ0n) is 25.6. The van der Waals surface area contributed by atoms with Crippen LogP contribution in [-0.2, 0) is 30.3 Å².